The molecule has 1 aliphatic heterocycles. The lowest BCUT2D eigenvalue weighted by Gasteiger charge is -2.30. The minimum absolute atomic E-state index is 0.0676. The van der Waals surface area contributed by atoms with Crippen molar-refractivity contribution in [1.82, 2.24) is 10.3 Å². The fourth-order valence-corrected chi connectivity index (χ4v) is 2.08. The molecule has 0 fully saturated rings. The molecule has 0 unspecified atom stereocenters. The Bertz CT molecular complexity index is 337. The lowest BCUT2D eigenvalue weighted by Crippen LogP contribution is -2.46. The second-order valence-electron chi connectivity index (χ2n) is 4.29. The van der Waals surface area contributed by atoms with Crippen LogP contribution in [0.15, 0.2) is 5.10 Å². The van der Waals surface area contributed by atoms with Gasteiger partial charge >= 0.3 is 0 Å². The Morgan fingerprint density at radius 3 is 2.56 bits per heavy atom. The maximum Gasteiger partial charge on any atom is 0.270 e. The molecule has 1 heterocycles. The number of aliphatic hydroxyl groups is 1. The number of nitrogens with zero attached hydrogens (tertiary/aromatic N) is 2. The van der Waals surface area contributed by atoms with Crippen molar-refractivity contribution in [3.05, 3.63) is 0 Å². The summed E-state index contributed by atoms with van der Waals surface area (Å²) in [6, 6.07) is 0.102. The van der Waals surface area contributed by atoms with Crippen LogP contribution in [0, 0.1) is 0 Å². The quantitative estimate of drug-likeness (QED) is 0.714. The van der Waals surface area contributed by atoms with E-state index in [9.17, 15) is 9.59 Å². The Morgan fingerprint density at radius 2 is 2.11 bits per heavy atom. The largest absolute Gasteiger partial charge is 0.395 e. The standard InChI is InChI=1S/C12H21N3O3/c1-3-9(4-2)15(7-8-16)12(18)10-5-6-11(17)14-13-10/h9,16H,3-8H2,1-2H3,(H,14,17). The highest BCUT2D eigenvalue weighted by molar-refractivity contribution is 6.39. The molecule has 0 aliphatic carbocycles. The maximum atomic E-state index is 12.3. The van der Waals surface area contributed by atoms with Crippen molar-refractivity contribution in [2.75, 3.05) is 13.2 Å². The molecule has 1 rings (SSSR count). The second-order valence-corrected chi connectivity index (χ2v) is 4.29. The molecule has 6 nitrogen and oxygen atoms in total. The molecule has 0 saturated carbocycles. The zero-order valence-corrected chi connectivity index (χ0v) is 11.0. The zero-order chi connectivity index (χ0) is 13.5. The Hall–Kier alpha value is -1.43. The third-order valence-corrected chi connectivity index (χ3v) is 3.14. The van der Waals surface area contributed by atoms with Gasteiger partial charge in [0.2, 0.25) is 5.91 Å². The van der Waals surface area contributed by atoms with E-state index in [0.717, 1.165) is 12.8 Å². The van der Waals surface area contributed by atoms with Gasteiger partial charge in [-0.05, 0) is 12.8 Å². The number of hydrogen-bond donors (Lipinski definition) is 2. The highest BCUT2D eigenvalue weighted by atomic mass is 16.3. The minimum atomic E-state index is -0.183. The summed E-state index contributed by atoms with van der Waals surface area (Å²) in [6.45, 7) is 4.26. The van der Waals surface area contributed by atoms with E-state index in [2.05, 4.69) is 10.5 Å². The van der Waals surface area contributed by atoms with Crippen molar-refractivity contribution >= 4 is 17.5 Å². The average molecular weight is 255 g/mol. The van der Waals surface area contributed by atoms with E-state index in [1.807, 2.05) is 13.8 Å². The lowest BCUT2D eigenvalue weighted by molar-refractivity contribution is -0.127. The van der Waals surface area contributed by atoms with Gasteiger partial charge in [0, 0.05) is 25.4 Å². The molecule has 2 N–H and O–H groups in total. The maximum absolute atomic E-state index is 12.3. The predicted molar refractivity (Wildman–Crippen MR) is 68.0 cm³/mol. The highest BCUT2D eigenvalue weighted by Crippen LogP contribution is 2.12. The zero-order valence-electron chi connectivity index (χ0n) is 11.0. The number of rotatable bonds is 6. The molecule has 0 aromatic rings. The SMILES string of the molecule is CCC(CC)N(CCO)C(=O)C1=NNC(=O)CC1. The van der Waals surface area contributed by atoms with E-state index >= 15 is 0 Å². The van der Waals surface area contributed by atoms with Crippen molar-refractivity contribution in [3.63, 3.8) is 0 Å². The van der Waals surface area contributed by atoms with Crippen LogP contribution in [0.2, 0.25) is 0 Å². The van der Waals surface area contributed by atoms with Crippen LogP contribution in [0.25, 0.3) is 0 Å². The fourth-order valence-electron chi connectivity index (χ4n) is 2.08. The Morgan fingerprint density at radius 1 is 1.44 bits per heavy atom. The monoisotopic (exact) mass is 255 g/mol. The number of nitrogens with one attached hydrogen (secondary N) is 1. The first-order valence-electron chi connectivity index (χ1n) is 6.41. The number of hydrazone groups is 1. The smallest absolute Gasteiger partial charge is 0.270 e. The van der Waals surface area contributed by atoms with Crippen LogP contribution in [0.1, 0.15) is 39.5 Å². The van der Waals surface area contributed by atoms with Gasteiger partial charge in [-0.1, -0.05) is 13.8 Å². The summed E-state index contributed by atoms with van der Waals surface area (Å²) in [4.78, 5) is 24.9. The molecular weight excluding hydrogens is 234 g/mol. The first-order chi connectivity index (χ1) is 8.63. The van der Waals surface area contributed by atoms with E-state index in [1.165, 1.54) is 0 Å². The molecule has 0 aromatic carbocycles. The topological polar surface area (TPSA) is 82.0 Å². The summed E-state index contributed by atoms with van der Waals surface area (Å²) < 4.78 is 0. The van der Waals surface area contributed by atoms with Crippen LogP contribution in [0.4, 0.5) is 0 Å². The third kappa shape index (κ3) is 3.53. The Labute approximate surface area is 107 Å². The van der Waals surface area contributed by atoms with E-state index in [4.69, 9.17) is 5.11 Å². The van der Waals surface area contributed by atoms with Crippen LogP contribution in [0.5, 0.6) is 0 Å². The lowest BCUT2D eigenvalue weighted by atomic mass is 10.1. The van der Waals surface area contributed by atoms with Crippen molar-refractivity contribution < 1.29 is 14.7 Å². The Kier molecular flexibility index (Phi) is 5.77. The second kappa shape index (κ2) is 7.10. The third-order valence-electron chi connectivity index (χ3n) is 3.14. The molecule has 0 bridgehead atoms. The van der Waals surface area contributed by atoms with Crippen molar-refractivity contribution in [2.24, 2.45) is 5.10 Å². The van der Waals surface area contributed by atoms with Crippen molar-refractivity contribution in [1.29, 1.82) is 0 Å². The molecule has 102 valence electrons. The normalized spacial score (nSPS) is 15.3. The van der Waals surface area contributed by atoms with Crippen LogP contribution < -0.4 is 5.43 Å². The van der Waals surface area contributed by atoms with Gasteiger partial charge in [-0.2, -0.15) is 5.10 Å². The number of aliphatic hydroxyl groups excluding tert-OH is 1. The molecule has 0 radical (unpaired) electrons. The molecule has 1 aliphatic rings. The minimum Gasteiger partial charge on any atom is -0.395 e. The molecule has 2 amide bonds. The average Bonchev–Trinajstić information content (AvgIpc) is 2.39. The summed E-state index contributed by atoms with van der Waals surface area (Å²) in [5, 5.41) is 12.9. The van der Waals surface area contributed by atoms with Gasteiger partial charge < -0.3 is 10.0 Å². The number of carbonyl (C=O) groups is 2. The van der Waals surface area contributed by atoms with Crippen LogP contribution >= 0.6 is 0 Å². The summed E-state index contributed by atoms with van der Waals surface area (Å²) in [5.41, 5.74) is 2.69. The molecule has 0 aromatic heterocycles. The van der Waals surface area contributed by atoms with Crippen molar-refractivity contribution in [3.8, 4) is 0 Å². The molecule has 6 heteroatoms. The van der Waals surface area contributed by atoms with Crippen LogP contribution in [-0.4, -0.2) is 46.7 Å². The van der Waals surface area contributed by atoms with E-state index in [1.54, 1.807) is 4.90 Å². The fraction of sp³-hybridized carbons (Fsp3) is 0.750. The van der Waals surface area contributed by atoms with E-state index < -0.39 is 0 Å². The van der Waals surface area contributed by atoms with Gasteiger partial charge in [0.25, 0.3) is 5.91 Å². The summed E-state index contributed by atoms with van der Waals surface area (Å²) in [5.74, 6) is -0.347. The molecule has 18 heavy (non-hydrogen) atoms. The number of hydrogen-bond acceptors (Lipinski definition) is 4. The summed E-state index contributed by atoms with van der Waals surface area (Å²) in [7, 11) is 0. The molecule has 0 saturated heterocycles. The van der Waals surface area contributed by atoms with E-state index in [0.29, 0.717) is 25.1 Å². The van der Waals surface area contributed by atoms with Crippen LogP contribution in [0.3, 0.4) is 0 Å². The molecule has 0 atom stereocenters. The van der Waals surface area contributed by atoms with Gasteiger partial charge in [-0.25, -0.2) is 5.43 Å². The summed E-state index contributed by atoms with van der Waals surface area (Å²) >= 11 is 0. The van der Waals surface area contributed by atoms with Crippen molar-refractivity contribution in [2.45, 2.75) is 45.6 Å². The molecule has 0 spiro atoms. The Balaban J connectivity index is 2.79. The van der Waals surface area contributed by atoms with Gasteiger partial charge in [0.05, 0.1) is 6.61 Å². The first kappa shape index (κ1) is 14.6. The highest BCUT2D eigenvalue weighted by Gasteiger charge is 2.26. The van der Waals surface area contributed by atoms with E-state index in [-0.39, 0.29) is 24.5 Å². The van der Waals surface area contributed by atoms with Crippen LogP contribution in [-0.2, 0) is 9.59 Å². The van der Waals surface area contributed by atoms with Gasteiger partial charge in [0.15, 0.2) is 0 Å². The molecular formula is C12H21N3O3. The van der Waals surface area contributed by atoms with Gasteiger partial charge in [-0.3, -0.25) is 9.59 Å². The number of carbonyl (C=O) groups excluding carboxylic acids is 2. The van der Waals surface area contributed by atoms with Gasteiger partial charge in [-0.15, -0.1) is 0 Å². The summed E-state index contributed by atoms with van der Waals surface area (Å²) in [6.07, 6.45) is 2.33. The van der Waals surface area contributed by atoms with Gasteiger partial charge in [0.1, 0.15) is 5.71 Å². The number of amides is 2. The first-order valence-corrected chi connectivity index (χ1v) is 6.41. The predicted octanol–water partition coefficient (Wildman–Crippen LogP) is 0.262.